The predicted molar refractivity (Wildman–Crippen MR) is 129 cm³/mol. The van der Waals surface area contributed by atoms with Crippen LogP contribution in [-0.2, 0) is 12.8 Å². The van der Waals surface area contributed by atoms with Crippen LogP contribution in [-0.4, -0.2) is 9.97 Å². The molecule has 0 amide bonds. The van der Waals surface area contributed by atoms with Gasteiger partial charge in [0.2, 0.25) is 0 Å². The summed E-state index contributed by atoms with van der Waals surface area (Å²) in [6.45, 7) is 4.53. The Morgan fingerprint density at radius 3 is 2.03 bits per heavy atom. The molecule has 0 saturated heterocycles. The number of benzene rings is 2. The molecule has 0 saturated carbocycles. The van der Waals surface area contributed by atoms with Crippen LogP contribution in [0.4, 0.5) is 0 Å². The van der Waals surface area contributed by atoms with Crippen LogP contribution in [0, 0.1) is 0 Å². The van der Waals surface area contributed by atoms with Gasteiger partial charge in [-0.15, -0.1) is 0 Å². The van der Waals surface area contributed by atoms with Crippen molar-refractivity contribution in [2.24, 2.45) is 0 Å². The van der Waals surface area contributed by atoms with E-state index in [0.29, 0.717) is 0 Å². The molecule has 2 heterocycles. The third kappa shape index (κ3) is 5.76. The topological polar surface area (TPSA) is 25.8 Å². The van der Waals surface area contributed by atoms with Crippen LogP contribution in [0.5, 0.6) is 0 Å². The fourth-order valence-electron chi connectivity index (χ4n) is 3.81. The van der Waals surface area contributed by atoms with E-state index < -0.39 is 0 Å². The number of hydrogen-bond acceptors (Lipinski definition) is 2. The SMILES string of the molecule is CCCCc1cc2ccccc2c(CCCC)c1-c1ccccn1.c1ccncc1. The molecule has 0 aliphatic heterocycles. The fraction of sp³-hybridized carbons (Fsp3) is 0.286. The summed E-state index contributed by atoms with van der Waals surface area (Å²) in [6, 6.07) is 23.2. The van der Waals surface area contributed by atoms with Crippen LogP contribution in [0.3, 0.4) is 0 Å². The van der Waals surface area contributed by atoms with Crippen molar-refractivity contribution < 1.29 is 0 Å². The first kappa shape index (κ1) is 21.7. The van der Waals surface area contributed by atoms with Gasteiger partial charge in [0.15, 0.2) is 0 Å². The standard InChI is InChI=1S/C23H27N.C5H5N/c1-3-5-11-19-17-18-12-7-8-14-20(18)21(13-6-4-2)23(19)22-15-9-10-16-24-22;1-2-4-6-5-3-1/h7-10,12,14-17H,3-6,11,13H2,1-2H3;1-5H. The van der Waals surface area contributed by atoms with Crippen LogP contribution < -0.4 is 0 Å². The highest BCUT2D eigenvalue weighted by Crippen LogP contribution is 2.35. The number of aryl methyl sites for hydroxylation is 2. The van der Waals surface area contributed by atoms with Crippen molar-refractivity contribution in [2.75, 3.05) is 0 Å². The Morgan fingerprint density at radius 1 is 0.700 bits per heavy atom. The molecule has 0 radical (unpaired) electrons. The number of hydrogen-bond donors (Lipinski definition) is 0. The lowest BCUT2D eigenvalue weighted by Crippen LogP contribution is -2.00. The molecular weight excluding hydrogens is 364 g/mol. The molecule has 0 fully saturated rings. The van der Waals surface area contributed by atoms with Gasteiger partial charge in [0.05, 0.1) is 5.69 Å². The summed E-state index contributed by atoms with van der Waals surface area (Å²) < 4.78 is 0. The van der Waals surface area contributed by atoms with E-state index in [1.807, 2.05) is 30.5 Å². The van der Waals surface area contributed by atoms with Crippen molar-refractivity contribution in [2.45, 2.75) is 52.4 Å². The van der Waals surface area contributed by atoms with E-state index in [0.717, 1.165) is 18.5 Å². The third-order valence-electron chi connectivity index (χ3n) is 5.31. The highest BCUT2D eigenvalue weighted by molar-refractivity contribution is 5.93. The monoisotopic (exact) mass is 396 g/mol. The van der Waals surface area contributed by atoms with Crippen molar-refractivity contribution in [1.82, 2.24) is 9.97 Å². The van der Waals surface area contributed by atoms with Gasteiger partial charge in [0.25, 0.3) is 0 Å². The molecule has 0 aliphatic rings. The lowest BCUT2D eigenvalue weighted by molar-refractivity contribution is 0.785. The fourth-order valence-corrected chi connectivity index (χ4v) is 3.81. The van der Waals surface area contributed by atoms with Crippen LogP contribution in [0.25, 0.3) is 22.0 Å². The van der Waals surface area contributed by atoms with E-state index in [4.69, 9.17) is 4.98 Å². The maximum atomic E-state index is 4.69. The van der Waals surface area contributed by atoms with Crippen molar-refractivity contribution in [3.63, 3.8) is 0 Å². The molecule has 4 rings (SSSR count). The van der Waals surface area contributed by atoms with Gasteiger partial charge in [-0.05, 0) is 71.8 Å². The predicted octanol–water partition coefficient (Wildman–Crippen LogP) is 7.67. The van der Waals surface area contributed by atoms with Gasteiger partial charge in [-0.1, -0.05) is 69.2 Å². The maximum Gasteiger partial charge on any atom is 0.0707 e. The molecule has 0 bridgehead atoms. The molecule has 154 valence electrons. The minimum Gasteiger partial charge on any atom is -0.265 e. The molecule has 0 atom stereocenters. The number of unbranched alkanes of at least 4 members (excludes halogenated alkanes) is 2. The summed E-state index contributed by atoms with van der Waals surface area (Å²) in [7, 11) is 0. The molecule has 0 spiro atoms. The lowest BCUT2D eigenvalue weighted by atomic mass is 9.87. The van der Waals surface area contributed by atoms with E-state index in [-0.39, 0.29) is 0 Å². The van der Waals surface area contributed by atoms with Crippen LogP contribution >= 0.6 is 0 Å². The van der Waals surface area contributed by atoms with Crippen LogP contribution in [0.15, 0.2) is 85.3 Å². The Hall–Kier alpha value is -3.00. The Bertz CT molecular complexity index is 984. The minimum absolute atomic E-state index is 1.13. The van der Waals surface area contributed by atoms with Crippen molar-refractivity contribution in [3.8, 4) is 11.3 Å². The largest absolute Gasteiger partial charge is 0.265 e. The first-order valence-corrected chi connectivity index (χ1v) is 11.1. The van der Waals surface area contributed by atoms with E-state index in [1.54, 1.807) is 12.4 Å². The smallest absolute Gasteiger partial charge is 0.0707 e. The van der Waals surface area contributed by atoms with E-state index in [9.17, 15) is 0 Å². The van der Waals surface area contributed by atoms with Crippen molar-refractivity contribution in [3.05, 3.63) is 96.4 Å². The van der Waals surface area contributed by atoms with Gasteiger partial charge in [-0.2, -0.15) is 0 Å². The molecule has 2 aromatic heterocycles. The van der Waals surface area contributed by atoms with E-state index >= 15 is 0 Å². The summed E-state index contributed by atoms with van der Waals surface area (Å²) in [5.41, 5.74) is 5.46. The second kappa shape index (κ2) is 11.9. The molecule has 0 aliphatic carbocycles. The molecule has 4 aromatic rings. The Kier molecular flexibility index (Phi) is 8.59. The Morgan fingerprint density at radius 2 is 1.40 bits per heavy atom. The van der Waals surface area contributed by atoms with Crippen LogP contribution in [0.2, 0.25) is 0 Å². The van der Waals surface area contributed by atoms with Gasteiger partial charge < -0.3 is 0 Å². The zero-order valence-electron chi connectivity index (χ0n) is 18.2. The summed E-state index contributed by atoms with van der Waals surface area (Å²) >= 11 is 0. The second-order valence-corrected chi connectivity index (χ2v) is 7.56. The van der Waals surface area contributed by atoms with Gasteiger partial charge in [0, 0.05) is 24.2 Å². The van der Waals surface area contributed by atoms with Crippen molar-refractivity contribution in [1.29, 1.82) is 0 Å². The molecule has 2 nitrogen and oxygen atoms in total. The van der Waals surface area contributed by atoms with Gasteiger partial charge in [0.1, 0.15) is 0 Å². The first-order chi connectivity index (χ1) is 14.8. The summed E-state index contributed by atoms with van der Waals surface area (Å²) in [5.74, 6) is 0. The van der Waals surface area contributed by atoms with Gasteiger partial charge >= 0.3 is 0 Å². The minimum atomic E-state index is 1.13. The molecular formula is C28H32N2. The second-order valence-electron chi connectivity index (χ2n) is 7.56. The Labute approximate surface area is 181 Å². The molecule has 30 heavy (non-hydrogen) atoms. The van der Waals surface area contributed by atoms with Crippen molar-refractivity contribution >= 4 is 10.8 Å². The first-order valence-electron chi connectivity index (χ1n) is 11.1. The zero-order valence-corrected chi connectivity index (χ0v) is 18.2. The average Bonchev–Trinajstić information content (AvgIpc) is 2.83. The lowest BCUT2D eigenvalue weighted by Gasteiger charge is -2.18. The van der Waals surface area contributed by atoms with Gasteiger partial charge in [-0.25, -0.2) is 0 Å². The molecule has 0 N–H and O–H groups in total. The van der Waals surface area contributed by atoms with Gasteiger partial charge in [-0.3, -0.25) is 9.97 Å². The van der Waals surface area contributed by atoms with E-state index in [1.165, 1.54) is 53.1 Å². The summed E-state index contributed by atoms with van der Waals surface area (Å²) in [6.07, 6.45) is 12.6. The number of rotatable bonds is 7. The number of pyridine rings is 2. The number of aromatic nitrogens is 2. The summed E-state index contributed by atoms with van der Waals surface area (Å²) in [5, 5.41) is 2.77. The third-order valence-corrected chi connectivity index (χ3v) is 5.31. The van der Waals surface area contributed by atoms with Crippen LogP contribution in [0.1, 0.15) is 50.7 Å². The maximum absolute atomic E-state index is 4.69. The summed E-state index contributed by atoms with van der Waals surface area (Å²) in [4.78, 5) is 8.48. The molecule has 0 unspecified atom stereocenters. The number of fused-ring (bicyclic) bond motifs is 1. The normalized spacial score (nSPS) is 10.5. The van der Waals surface area contributed by atoms with E-state index in [2.05, 4.69) is 61.3 Å². The average molecular weight is 397 g/mol. The molecule has 2 aromatic carbocycles. The quantitative estimate of drug-likeness (QED) is 0.320. The highest BCUT2D eigenvalue weighted by atomic mass is 14.7. The number of nitrogens with zero attached hydrogens (tertiary/aromatic N) is 2. The highest BCUT2D eigenvalue weighted by Gasteiger charge is 2.15. The Balaban J connectivity index is 0.000000367. The molecule has 2 heteroatoms. The zero-order chi connectivity index (χ0) is 21.0.